The number of para-hydroxylation sites is 1. The van der Waals surface area contributed by atoms with Crippen LogP contribution < -0.4 is 10.5 Å². The van der Waals surface area contributed by atoms with Gasteiger partial charge >= 0.3 is 0 Å². The Balaban J connectivity index is 1.83. The Morgan fingerprint density at radius 1 is 1.04 bits per heavy atom. The van der Waals surface area contributed by atoms with Gasteiger partial charge in [0.05, 0.1) is 5.56 Å². The number of carbonyl (C=O) groups is 2. The molecular weight excluding hydrogens is 304 g/mol. The molecule has 2 aromatic rings. The lowest BCUT2D eigenvalue weighted by atomic mass is 10.0. The van der Waals surface area contributed by atoms with Crippen LogP contribution in [0.2, 0.25) is 0 Å². The van der Waals surface area contributed by atoms with Gasteiger partial charge in [0.2, 0.25) is 0 Å². The first-order chi connectivity index (χ1) is 11.6. The van der Waals surface area contributed by atoms with E-state index in [2.05, 4.69) is 12.1 Å². The zero-order valence-corrected chi connectivity index (χ0v) is 13.4. The van der Waals surface area contributed by atoms with Gasteiger partial charge in [0, 0.05) is 13.1 Å². The van der Waals surface area contributed by atoms with E-state index in [1.54, 1.807) is 24.3 Å². The Morgan fingerprint density at radius 2 is 1.75 bits per heavy atom. The number of hydrogen-bond acceptors (Lipinski definition) is 3. The minimum atomic E-state index is -0.569. The lowest BCUT2D eigenvalue weighted by molar-refractivity contribution is -0.119. The van der Waals surface area contributed by atoms with Gasteiger partial charge in [-0.25, -0.2) is 0 Å². The van der Waals surface area contributed by atoms with Gasteiger partial charge < -0.3 is 15.4 Å². The molecule has 3 rings (SSSR count). The monoisotopic (exact) mass is 324 g/mol. The predicted molar refractivity (Wildman–Crippen MR) is 90.6 cm³/mol. The zero-order chi connectivity index (χ0) is 16.9. The summed E-state index contributed by atoms with van der Waals surface area (Å²) in [4.78, 5) is 25.7. The highest BCUT2D eigenvalue weighted by Crippen LogP contribution is 2.24. The standard InChI is InChI=1S/C19H20N2O3/c20-18(22)13-24-17-10-4-3-9-16(17)19(23)21-11-5-8-14-6-1-2-7-15(14)12-21/h1-4,6-7,9-10H,5,8,11-13H2,(H2,20,22). The topological polar surface area (TPSA) is 72.6 Å². The summed E-state index contributed by atoms with van der Waals surface area (Å²) in [5, 5.41) is 0. The van der Waals surface area contributed by atoms with Gasteiger partial charge in [0.1, 0.15) is 5.75 Å². The Morgan fingerprint density at radius 3 is 2.54 bits per heavy atom. The van der Waals surface area contributed by atoms with Crippen molar-refractivity contribution in [2.45, 2.75) is 19.4 Å². The van der Waals surface area contributed by atoms with Crippen molar-refractivity contribution < 1.29 is 14.3 Å². The molecule has 0 aromatic heterocycles. The number of nitrogens with zero attached hydrogens (tertiary/aromatic N) is 1. The second-order valence-corrected chi connectivity index (χ2v) is 5.85. The molecule has 2 amide bonds. The van der Waals surface area contributed by atoms with Crippen molar-refractivity contribution in [2.24, 2.45) is 5.73 Å². The third-order valence-electron chi connectivity index (χ3n) is 4.13. The van der Waals surface area contributed by atoms with Gasteiger partial charge in [-0.15, -0.1) is 0 Å². The average Bonchev–Trinajstić information content (AvgIpc) is 2.82. The molecule has 5 nitrogen and oxygen atoms in total. The number of primary amides is 1. The number of carbonyl (C=O) groups excluding carboxylic acids is 2. The summed E-state index contributed by atoms with van der Waals surface area (Å²) in [5.41, 5.74) is 8.06. The van der Waals surface area contributed by atoms with Gasteiger partial charge in [-0.1, -0.05) is 36.4 Å². The van der Waals surface area contributed by atoms with Crippen molar-refractivity contribution in [1.29, 1.82) is 0 Å². The van der Waals surface area contributed by atoms with E-state index in [9.17, 15) is 9.59 Å². The number of hydrogen-bond donors (Lipinski definition) is 1. The van der Waals surface area contributed by atoms with Crippen molar-refractivity contribution in [3.8, 4) is 5.75 Å². The normalized spacial score (nSPS) is 13.8. The van der Waals surface area contributed by atoms with Gasteiger partial charge in [0.25, 0.3) is 11.8 Å². The minimum absolute atomic E-state index is 0.0910. The van der Waals surface area contributed by atoms with E-state index in [-0.39, 0.29) is 12.5 Å². The van der Waals surface area contributed by atoms with Crippen molar-refractivity contribution in [3.63, 3.8) is 0 Å². The molecule has 1 heterocycles. The molecule has 1 aliphatic rings. The van der Waals surface area contributed by atoms with E-state index in [1.807, 2.05) is 17.0 Å². The molecule has 124 valence electrons. The van der Waals surface area contributed by atoms with Crippen LogP contribution in [0.1, 0.15) is 27.9 Å². The third kappa shape index (κ3) is 3.56. The van der Waals surface area contributed by atoms with Crippen LogP contribution in [0.4, 0.5) is 0 Å². The van der Waals surface area contributed by atoms with Gasteiger partial charge in [-0.2, -0.15) is 0 Å². The van der Waals surface area contributed by atoms with Crippen LogP contribution in [0.3, 0.4) is 0 Å². The molecule has 0 atom stereocenters. The number of ether oxygens (including phenoxy) is 1. The quantitative estimate of drug-likeness (QED) is 0.936. The summed E-state index contributed by atoms with van der Waals surface area (Å²) in [6.45, 7) is 1.03. The number of nitrogens with two attached hydrogens (primary N) is 1. The van der Waals surface area contributed by atoms with E-state index in [0.717, 1.165) is 12.8 Å². The smallest absolute Gasteiger partial charge is 0.257 e. The van der Waals surface area contributed by atoms with Crippen LogP contribution in [0, 0.1) is 0 Å². The van der Waals surface area contributed by atoms with Crippen molar-refractivity contribution in [3.05, 3.63) is 65.2 Å². The summed E-state index contributed by atoms with van der Waals surface area (Å²) in [5.74, 6) is -0.272. The fourth-order valence-corrected chi connectivity index (χ4v) is 2.96. The molecule has 0 fully saturated rings. The van der Waals surface area contributed by atoms with Crippen LogP contribution in [0.25, 0.3) is 0 Å². The Kier molecular flexibility index (Phi) is 4.79. The average molecular weight is 324 g/mol. The minimum Gasteiger partial charge on any atom is -0.483 e. The molecule has 1 aliphatic heterocycles. The fourth-order valence-electron chi connectivity index (χ4n) is 2.96. The van der Waals surface area contributed by atoms with Crippen LogP contribution in [0.5, 0.6) is 5.75 Å². The molecular formula is C19H20N2O3. The maximum absolute atomic E-state index is 13.0. The third-order valence-corrected chi connectivity index (χ3v) is 4.13. The molecule has 0 unspecified atom stereocenters. The maximum Gasteiger partial charge on any atom is 0.257 e. The van der Waals surface area contributed by atoms with Crippen LogP contribution >= 0.6 is 0 Å². The molecule has 0 saturated heterocycles. The lowest BCUT2D eigenvalue weighted by Gasteiger charge is -2.22. The zero-order valence-electron chi connectivity index (χ0n) is 13.4. The van der Waals surface area contributed by atoms with E-state index >= 15 is 0 Å². The fraction of sp³-hybridized carbons (Fsp3) is 0.263. The number of fused-ring (bicyclic) bond motifs is 1. The summed E-state index contributed by atoms with van der Waals surface area (Å²) in [6.07, 6.45) is 1.90. The highest BCUT2D eigenvalue weighted by atomic mass is 16.5. The molecule has 0 bridgehead atoms. The maximum atomic E-state index is 13.0. The molecule has 5 heteroatoms. The number of benzene rings is 2. The molecule has 2 aromatic carbocycles. The second kappa shape index (κ2) is 7.17. The van der Waals surface area contributed by atoms with Crippen molar-refractivity contribution in [2.75, 3.05) is 13.2 Å². The Bertz CT molecular complexity index is 758. The molecule has 0 aliphatic carbocycles. The molecule has 0 saturated carbocycles. The summed E-state index contributed by atoms with van der Waals surface area (Å²) < 4.78 is 5.39. The first-order valence-electron chi connectivity index (χ1n) is 8.01. The summed E-state index contributed by atoms with van der Waals surface area (Å²) in [7, 11) is 0. The SMILES string of the molecule is NC(=O)COc1ccccc1C(=O)N1CCCc2ccccc2C1. The largest absolute Gasteiger partial charge is 0.483 e. The van der Waals surface area contributed by atoms with Crippen molar-refractivity contribution in [1.82, 2.24) is 4.90 Å². The summed E-state index contributed by atoms with van der Waals surface area (Å²) >= 11 is 0. The number of amides is 2. The highest BCUT2D eigenvalue weighted by molar-refractivity contribution is 5.97. The van der Waals surface area contributed by atoms with E-state index in [4.69, 9.17) is 10.5 Å². The second-order valence-electron chi connectivity index (χ2n) is 5.85. The molecule has 2 N–H and O–H groups in total. The summed E-state index contributed by atoms with van der Waals surface area (Å²) in [6, 6.07) is 15.2. The van der Waals surface area contributed by atoms with E-state index < -0.39 is 5.91 Å². The van der Waals surface area contributed by atoms with Gasteiger partial charge in [-0.3, -0.25) is 9.59 Å². The van der Waals surface area contributed by atoms with Gasteiger partial charge in [0.15, 0.2) is 6.61 Å². The van der Waals surface area contributed by atoms with Crippen LogP contribution in [-0.2, 0) is 17.8 Å². The first-order valence-corrected chi connectivity index (χ1v) is 8.01. The number of aryl methyl sites for hydroxylation is 1. The Labute approximate surface area is 141 Å². The predicted octanol–water partition coefficient (Wildman–Crippen LogP) is 2.14. The van der Waals surface area contributed by atoms with E-state index in [1.165, 1.54) is 11.1 Å². The van der Waals surface area contributed by atoms with Crippen LogP contribution in [0.15, 0.2) is 48.5 Å². The molecule has 0 spiro atoms. The van der Waals surface area contributed by atoms with Crippen LogP contribution in [-0.4, -0.2) is 29.9 Å². The van der Waals surface area contributed by atoms with E-state index in [0.29, 0.717) is 24.4 Å². The number of rotatable bonds is 4. The van der Waals surface area contributed by atoms with Crippen molar-refractivity contribution >= 4 is 11.8 Å². The highest BCUT2D eigenvalue weighted by Gasteiger charge is 2.22. The molecule has 24 heavy (non-hydrogen) atoms. The van der Waals surface area contributed by atoms with Gasteiger partial charge in [-0.05, 0) is 36.1 Å². The Hall–Kier alpha value is -2.82. The lowest BCUT2D eigenvalue weighted by Crippen LogP contribution is -2.31. The molecule has 0 radical (unpaired) electrons. The first kappa shape index (κ1) is 16.1.